The highest BCUT2D eigenvalue weighted by atomic mass is 32.1. The smallest absolute Gasteiger partial charge is 0.318 e. The number of methoxy groups -OCH3 is 2. The number of amides is 3. The van der Waals surface area contributed by atoms with E-state index in [0.29, 0.717) is 48.9 Å². The van der Waals surface area contributed by atoms with Crippen molar-refractivity contribution < 1.29 is 19.1 Å². The van der Waals surface area contributed by atoms with Crippen molar-refractivity contribution in [1.29, 1.82) is 5.26 Å². The van der Waals surface area contributed by atoms with Crippen molar-refractivity contribution >= 4 is 28.3 Å². The Labute approximate surface area is 213 Å². The lowest BCUT2D eigenvalue weighted by Crippen LogP contribution is -2.42. The fourth-order valence-electron chi connectivity index (χ4n) is 3.98. The molecule has 0 saturated carbocycles. The van der Waals surface area contributed by atoms with Gasteiger partial charge in [0.1, 0.15) is 16.8 Å². The van der Waals surface area contributed by atoms with Crippen LogP contribution in [0.1, 0.15) is 33.6 Å². The number of hydrogen-bond acceptors (Lipinski definition) is 7. The average Bonchev–Trinajstić information content (AvgIpc) is 3.26. The van der Waals surface area contributed by atoms with E-state index in [9.17, 15) is 14.9 Å². The fraction of sp³-hybridized carbons (Fsp3) is 0.308. The van der Waals surface area contributed by atoms with Gasteiger partial charge in [0.05, 0.1) is 26.3 Å². The van der Waals surface area contributed by atoms with E-state index in [-0.39, 0.29) is 18.4 Å². The molecule has 0 spiro atoms. The van der Waals surface area contributed by atoms with Gasteiger partial charge in [0.15, 0.2) is 0 Å². The number of nitrogens with one attached hydrogen (secondary N) is 2. The molecule has 0 saturated heterocycles. The molecular weight excluding hydrogens is 478 g/mol. The Balaban J connectivity index is 1.35. The maximum atomic E-state index is 12.7. The molecule has 0 aliphatic carbocycles. The van der Waals surface area contributed by atoms with Crippen molar-refractivity contribution in [3.8, 4) is 17.7 Å². The second-order valence-electron chi connectivity index (χ2n) is 8.26. The summed E-state index contributed by atoms with van der Waals surface area (Å²) in [5.74, 6) is 1.11. The first-order valence-electron chi connectivity index (χ1n) is 11.5. The van der Waals surface area contributed by atoms with Gasteiger partial charge >= 0.3 is 6.03 Å². The van der Waals surface area contributed by atoms with Crippen LogP contribution in [0.5, 0.6) is 11.6 Å². The summed E-state index contributed by atoms with van der Waals surface area (Å²) < 4.78 is 10.3. The number of nitrogens with zero attached hydrogens (tertiary/aromatic N) is 3. The molecule has 36 heavy (non-hydrogen) atoms. The van der Waals surface area contributed by atoms with Crippen molar-refractivity contribution in [2.24, 2.45) is 0 Å². The lowest BCUT2D eigenvalue weighted by molar-refractivity contribution is -0.116. The van der Waals surface area contributed by atoms with Crippen LogP contribution in [-0.4, -0.2) is 42.6 Å². The number of benzene rings is 1. The zero-order valence-corrected chi connectivity index (χ0v) is 21.0. The molecule has 0 radical (unpaired) electrons. The number of anilines is 1. The standard InChI is InChI=1S/C26H27N5O4S/c1-34-19-5-3-4-17(12-19)6-8-23(32)30-25-21(13-27)20-10-11-31(16-22(20)36-25)26(33)29-15-18-7-9-24(35-2)28-14-18/h3-5,7,9,12,14H,6,8,10-11,15-16H2,1-2H3,(H,29,33)(H,30,32). The average molecular weight is 506 g/mol. The Hall–Kier alpha value is -4.10. The Bertz CT molecular complexity index is 1280. The molecule has 1 aromatic carbocycles. The number of carbonyl (C=O) groups excluding carboxylic acids is 2. The van der Waals surface area contributed by atoms with E-state index in [1.807, 2.05) is 30.3 Å². The predicted octanol–water partition coefficient (Wildman–Crippen LogP) is 3.87. The number of hydrogen-bond donors (Lipinski definition) is 2. The quantitative estimate of drug-likeness (QED) is 0.480. The minimum Gasteiger partial charge on any atom is -0.497 e. The molecule has 3 aromatic rings. The maximum absolute atomic E-state index is 12.7. The summed E-state index contributed by atoms with van der Waals surface area (Å²) in [6.45, 7) is 1.23. The number of carbonyl (C=O) groups is 2. The van der Waals surface area contributed by atoms with Gasteiger partial charge in [-0.05, 0) is 41.7 Å². The molecule has 1 aliphatic heterocycles. The lowest BCUT2D eigenvalue weighted by Gasteiger charge is -2.27. The number of nitriles is 1. The van der Waals surface area contributed by atoms with E-state index in [0.717, 1.165) is 27.3 Å². The SMILES string of the molecule is COc1cccc(CCC(=O)Nc2sc3c(c2C#N)CCN(C(=O)NCc2ccc(OC)nc2)C3)c1. The van der Waals surface area contributed by atoms with Crippen molar-refractivity contribution in [3.63, 3.8) is 0 Å². The van der Waals surface area contributed by atoms with E-state index < -0.39 is 0 Å². The van der Waals surface area contributed by atoms with Crippen LogP contribution < -0.4 is 20.1 Å². The first-order valence-corrected chi connectivity index (χ1v) is 12.3. The summed E-state index contributed by atoms with van der Waals surface area (Å²) >= 11 is 1.36. The second kappa shape index (κ2) is 11.6. The Morgan fingerprint density at radius 2 is 2.06 bits per heavy atom. The summed E-state index contributed by atoms with van der Waals surface area (Å²) in [6, 6.07) is 13.3. The zero-order chi connectivity index (χ0) is 25.5. The highest BCUT2D eigenvalue weighted by molar-refractivity contribution is 7.16. The predicted molar refractivity (Wildman–Crippen MR) is 136 cm³/mol. The molecule has 0 unspecified atom stereocenters. The van der Waals surface area contributed by atoms with Crippen LogP contribution in [-0.2, 0) is 30.7 Å². The monoisotopic (exact) mass is 505 g/mol. The molecule has 186 valence electrons. The molecule has 3 amide bonds. The van der Waals surface area contributed by atoms with Crippen molar-refractivity contribution in [3.05, 3.63) is 69.7 Å². The van der Waals surface area contributed by atoms with Crippen LogP contribution in [0.3, 0.4) is 0 Å². The van der Waals surface area contributed by atoms with Gasteiger partial charge in [0, 0.05) is 36.7 Å². The molecule has 9 nitrogen and oxygen atoms in total. The third kappa shape index (κ3) is 5.93. The van der Waals surface area contributed by atoms with Crippen LogP contribution in [0.15, 0.2) is 42.6 Å². The maximum Gasteiger partial charge on any atom is 0.318 e. The highest BCUT2D eigenvalue weighted by Crippen LogP contribution is 2.36. The van der Waals surface area contributed by atoms with Gasteiger partial charge in [-0.15, -0.1) is 11.3 Å². The topological polar surface area (TPSA) is 117 Å². The van der Waals surface area contributed by atoms with Gasteiger partial charge < -0.3 is 25.0 Å². The van der Waals surface area contributed by atoms with E-state index >= 15 is 0 Å². The molecule has 2 N–H and O–H groups in total. The van der Waals surface area contributed by atoms with E-state index in [1.54, 1.807) is 31.4 Å². The number of ether oxygens (including phenoxy) is 2. The van der Waals surface area contributed by atoms with Gasteiger partial charge in [-0.2, -0.15) is 5.26 Å². The van der Waals surface area contributed by atoms with Crippen LogP contribution in [0.4, 0.5) is 9.80 Å². The Kier molecular flexibility index (Phi) is 8.02. The Morgan fingerprint density at radius 3 is 2.78 bits per heavy atom. The van der Waals surface area contributed by atoms with Crippen molar-refractivity contribution in [2.45, 2.75) is 32.4 Å². The Morgan fingerprint density at radius 1 is 1.19 bits per heavy atom. The van der Waals surface area contributed by atoms with Gasteiger partial charge in [0.2, 0.25) is 11.8 Å². The third-order valence-corrected chi connectivity index (χ3v) is 7.07. The zero-order valence-electron chi connectivity index (χ0n) is 20.2. The van der Waals surface area contributed by atoms with E-state index in [1.165, 1.54) is 11.3 Å². The van der Waals surface area contributed by atoms with Crippen LogP contribution >= 0.6 is 11.3 Å². The first kappa shape index (κ1) is 25.0. The van der Waals surface area contributed by atoms with Crippen LogP contribution in [0, 0.1) is 11.3 Å². The van der Waals surface area contributed by atoms with Gasteiger partial charge in [-0.25, -0.2) is 9.78 Å². The van der Waals surface area contributed by atoms with Gasteiger partial charge in [0.25, 0.3) is 0 Å². The minimum absolute atomic E-state index is 0.157. The molecule has 0 atom stereocenters. The number of rotatable bonds is 8. The highest BCUT2D eigenvalue weighted by Gasteiger charge is 2.27. The van der Waals surface area contributed by atoms with Crippen LogP contribution in [0.25, 0.3) is 0 Å². The second-order valence-corrected chi connectivity index (χ2v) is 9.36. The summed E-state index contributed by atoms with van der Waals surface area (Å²) in [5, 5.41) is 16.1. The van der Waals surface area contributed by atoms with E-state index in [2.05, 4.69) is 21.7 Å². The molecular formula is C26H27N5O4S. The molecule has 0 bridgehead atoms. The summed E-state index contributed by atoms with van der Waals surface area (Å²) in [5.41, 5.74) is 3.27. The number of urea groups is 1. The fourth-order valence-corrected chi connectivity index (χ4v) is 5.21. The molecule has 4 rings (SSSR count). The minimum atomic E-state index is -0.188. The molecule has 2 aromatic heterocycles. The lowest BCUT2D eigenvalue weighted by atomic mass is 10.0. The number of pyridine rings is 1. The van der Waals surface area contributed by atoms with Gasteiger partial charge in [-0.3, -0.25) is 4.79 Å². The first-order chi connectivity index (χ1) is 17.5. The van der Waals surface area contributed by atoms with Crippen molar-refractivity contribution in [1.82, 2.24) is 15.2 Å². The normalized spacial score (nSPS) is 12.3. The molecule has 10 heteroatoms. The largest absolute Gasteiger partial charge is 0.497 e. The van der Waals surface area contributed by atoms with Crippen molar-refractivity contribution in [2.75, 3.05) is 26.1 Å². The summed E-state index contributed by atoms with van der Waals surface area (Å²) in [4.78, 5) is 32.1. The third-order valence-electron chi connectivity index (χ3n) is 5.93. The summed E-state index contributed by atoms with van der Waals surface area (Å²) in [6.07, 6.45) is 3.07. The number of aryl methyl sites for hydroxylation is 1. The number of thiophene rings is 1. The number of fused-ring (bicyclic) bond motifs is 1. The number of aromatic nitrogens is 1. The van der Waals surface area contributed by atoms with E-state index in [4.69, 9.17) is 9.47 Å². The summed E-state index contributed by atoms with van der Waals surface area (Å²) in [7, 11) is 3.16. The van der Waals surface area contributed by atoms with Gasteiger partial charge in [-0.1, -0.05) is 18.2 Å². The van der Waals surface area contributed by atoms with Crippen LogP contribution in [0.2, 0.25) is 0 Å². The molecule has 1 aliphatic rings. The molecule has 0 fully saturated rings. The molecule has 3 heterocycles.